The summed E-state index contributed by atoms with van der Waals surface area (Å²) in [4.78, 5) is 16.7. The van der Waals surface area contributed by atoms with Crippen molar-refractivity contribution >= 4 is 11.6 Å². The fourth-order valence-corrected chi connectivity index (χ4v) is 2.86. The standard InChI is InChI=1S/C21H21N3O3/c1-26-18-10-5-14(6-11-18)7-12-19(25)22-17-4-2-3-16(13-17)20-23-21(27-24-20)15-8-9-15/h2-6,10-11,13,15H,7-9,12H2,1H3,(H,22,25). The zero-order chi connectivity index (χ0) is 18.6. The second kappa shape index (κ2) is 7.61. The van der Waals surface area contributed by atoms with Crippen LogP contribution in [0.1, 0.15) is 36.6 Å². The molecule has 1 N–H and O–H groups in total. The predicted octanol–water partition coefficient (Wildman–Crippen LogP) is 4.19. The first kappa shape index (κ1) is 17.3. The van der Waals surface area contributed by atoms with E-state index in [2.05, 4.69) is 15.5 Å². The predicted molar refractivity (Wildman–Crippen MR) is 102 cm³/mol. The van der Waals surface area contributed by atoms with Crippen LogP contribution in [0.5, 0.6) is 5.75 Å². The number of aryl methyl sites for hydroxylation is 1. The lowest BCUT2D eigenvalue weighted by Crippen LogP contribution is -2.12. The van der Waals surface area contributed by atoms with Crippen LogP contribution in [-0.2, 0) is 11.2 Å². The Balaban J connectivity index is 1.36. The molecule has 0 atom stereocenters. The summed E-state index contributed by atoms with van der Waals surface area (Å²) in [5.41, 5.74) is 2.66. The number of aromatic nitrogens is 2. The molecule has 1 fully saturated rings. The summed E-state index contributed by atoms with van der Waals surface area (Å²) in [6.07, 6.45) is 3.31. The maximum Gasteiger partial charge on any atom is 0.230 e. The van der Waals surface area contributed by atoms with E-state index in [0.717, 1.165) is 35.4 Å². The topological polar surface area (TPSA) is 77.2 Å². The Labute approximate surface area is 157 Å². The van der Waals surface area contributed by atoms with Crippen LogP contribution in [0.3, 0.4) is 0 Å². The molecule has 4 rings (SSSR count). The molecule has 2 aromatic carbocycles. The van der Waals surface area contributed by atoms with E-state index in [0.29, 0.717) is 30.5 Å². The van der Waals surface area contributed by atoms with Gasteiger partial charge >= 0.3 is 0 Å². The number of anilines is 1. The number of nitrogens with zero attached hydrogens (tertiary/aromatic N) is 2. The van der Waals surface area contributed by atoms with E-state index in [1.54, 1.807) is 7.11 Å². The van der Waals surface area contributed by atoms with Crippen molar-refractivity contribution < 1.29 is 14.1 Å². The number of rotatable bonds is 7. The molecule has 1 heterocycles. The Hall–Kier alpha value is -3.15. The largest absolute Gasteiger partial charge is 0.497 e. The molecule has 27 heavy (non-hydrogen) atoms. The third kappa shape index (κ3) is 4.34. The molecule has 1 amide bonds. The van der Waals surface area contributed by atoms with Crippen LogP contribution in [0.2, 0.25) is 0 Å². The lowest BCUT2D eigenvalue weighted by Gasteiger charge is -2.07. The molecule has 6 heteroatoms. The van der Waals surface area contributed by atoms with Gasteiger partial charge in [-0.15, -0.1) is 0 Å². The summed E-state index contributed by atoms with van der Waals surface area (Å²) in [6, 6.07) is 15.3. The zero-order valence-electron chi connectivity index (χ0n) is 15.1. The van der Waals surface area contributed by atoms with Crippen molar-refractivity contribution in [3.8, 4) is 17.1 Å². The molecule has 1 aromatic heterocycles. The SMILES string of the molecule is COc1ccc(CCC(=O)Nc2cccc(-c3noc(C4CC4)n3)c2)cc1. The molecule has 0 unspecified atom stereocenters. The highest BCUT2D eigenvalue weighted by Gasteiger charge is 2.29. The molecule has 138 valence electrons. The highest BCUT2D eigenvalue weighted by atomic mass is 16.5. The minimum Gasteiger partial charge on any atom is -0.497 e. The van der Waals surface area contributed by atoms with Crippen LogP contribution in [0.25, 0.3) is 11.4 Å². The van der Waals surface area contributed by atoms with Gasteiger partial charge in [-0.25, -0.2) is 0 Å². The van der Waals surface area contributed by atoms with Crippen LogP contribution in [0.4, 0.5) is 5.69 Å². The van der Waals surface area contributed by atoms with Crippen molar-refractivity contribution in [3.63, 3.8) is 0 Å². The Morgan fingerprint density at radius 3 is 2.78 bits per heavy atom. The van der Waals surface area contributed by atoms with Gasteiger partial charge in [0.2, 0.25) is 17.6 Å². The molecule has 1 saturated carbocycles. The van der Waals surface area contributed by atoms with Gasteiger partial charge in [0, 0.05) is 23.6 Å². The number of ether oxygens (including phenoxy) is 1. The molecule has 6 nitrogen and oxygen atoms in total. The molecule has 1 aliphatic carbocycles. The maximum atomic E-state index is 12.3. The van der Waals surface area contributed by atoms with Crippen LogP contribution in [-0.4, -0.2) is 23.2 Å². The summed E-state index contributed by atoms with van der Waals surface area (Å²) in [5.74, 6) is 2.47. The number of methoxy groups -OCH3 is 1. The van der Waals surface area contributed by atoms with Gasteiger partial charge in [-0.3, -0.25) is 4.79 Å². The fraction of sp³-hybridized carbons (Fsp3) is 0.286. The van der Waals surface area contributed by atoms with Crippen molar-refractivity contribution in [2.24, 2.45) is 0 Å². The average molecular weight is 363 g/mol. The molecule has 0 aliphatic heterocycles. The lowest BCUT2D eigenvalue weighted by molar-refractivity contribution is -0.116. The first-order chi connectivity index (χ1) is 13.2. The first-order valence-electron chi connectivity index (χ1n) is 9.08. The number of hydrogen-bond donors (Lipinski definition) is 1. The van der Waals surface area contributed by atoms with Crippen molar-refractivity contribution in [1.29, 1.82) is 0 Å². The van der Waals surface area contributed by atoms with Gasteiger partial charge in [0.15, 0.2) is 0 Å². The third-order valence-corrected chi connectivity index (χ3v) is 4.57. The van der Waals surface area contributed by atoms with Gasteiger partial charge in [0.1, 0.15) is 5.75 Å². The second-order valence-corrected chi connectivity index (χ2v) is 6.71. The monoisotopic (exact) mass is 363 g/mol. The zero-order valence-corrected chi connectivity index (χ0v) is 15.1. The lowest BCUT2D eigenvalue weighted by atomic mass is 10.1. The summed E-state index contributed by atoms with van der Waals surface area (Å²) in [5, 5.41) is 6.99. The van der Waals surface area contributed by atoms with E-state index in [1.165, 1.54) is 0 Å². The van der Waals surface area contributed by atoms with Gasteiger partial charge in [0.25, 0.3) is 0 Å². The van der Waals surface area contributed by atoms with E-state index < -0.39 is 0 Å². The van der Waals surface area contributed by atoms with E-state index in [-0.39, 0.29) is 5.91 Å². The van der Waals surface area contributed by atoms with Gasteiger partial charge < -0.3 is 14.6 Å². The van der Waals surface area contributed by atoms with Crippen molar-refractivity contribution in [2.75, 3.05) is 12.4 Å². The maximum absolute atomic E-state index is 12.3. The molecule has 0 radical (unpaired) electrons. The Bertz CT molecular complexity index is 930. The fourth-order valence-electron chi connectivity index (χ4n) is 2.86. The van der Waals surface area contributed by atoms with Crippen LogP contribution >= 0.6 is 0 Å². The minimum absolute atomic E-state index is 0.0326. The molecule has 0 spiro atoms. The van der Waals surface area contributed by atoms with Crippen molar-refractivity contribution in [3.05, 3.63) is 60.0 Å². The van der Waals surface area contributed by atoms with Gasteiger partial charge in [-0.1, -0.05) is 29.4 Å². The Morgan fingerprint density at radius 2 is 2.04 bits per heavy atom. The van der Waals surface area contributed by atoms with Crippen LogP contribution < -0.4 is 10.1 Å². The number of carbonyl (C=O) groups is 1. The van der Waals surface area contributed by atoms with Crippen LogP contribution in [0, 0.1) is 0 Å². The highest BCUT2D eigenvalue weighted by Crippen LogP contribution is 2.39. The molecule has 3 aromatic rings. The summed E-state index contributed by atoms with van der Waals surface area (Å²) in [6.45, 7) is 0. The highest BCUT2D eigenvalue weighted by molar-refractivity contribution is 5.91. The van der Waals surface area contributed by atoms with E-state index in [1.807, 2.05) is 48.5 Å². The van der Waals surface area contributed by atoms with Crippen molar-refractivity contribution in [1.82, 2.24) is 10.1 Å². The van der Waals surface area contributed by atoms with Gasteiger partial charge in [-0.2, -0.15) is 4.98 Å². The molecule has 0 bridgehead atoms. The first-order valence-corrected chi connectivity index (χ1v) is 9.08. The third-order valence-electron chi connectivity index (χ3n) is 4.57. The van der Waals surface area contributed by atoms with Gasteiger partial charge in [0.05, 0.1) is 7.11 Å². The second-order valence-electron chi connectivity index (χ2n) is 6.71. The normalized spacial score (nSPS) is 13.4. The number of carbonyl (C=O) groups excluding carboxylic acids is 1. The van der Waals surface area contributed by atoms with E-state index in [9.17, 15) is 4.79 Å². The number of amides is 1. The van der Waals surface area contributed by atoms with Crippen LogP contribution in [0.15, 0.2) is 53.1 Å². The summed E-state index contributed by atoms with van der Waals surface area (Å²) >= 11 is 0. The number of hydrogen-bond acceptors (Lipinski definition) is 5. The summed E-state index contributed by atoms with van der Waals surface area (Å²) < 4.78 is 10.5. The quantitative estimate of drug-likeness (QED) is 0.681. The smallest absolute Gasteiger partial charge is 0.230 e. The number of nitrogens with one attached hydrogen (secondary N) is 1. The van der Waals surface area contributed by atoms with E-state index >= 15 is 0 Å². The minimum atomic E-state index is -0.0326. The Kier molecular flexibility index (Phi) is 4.87. The molecular weight excluding hydrogens is 342 g/mol. The van der Waals surface area contributed by atoms with Crippen molar-refractivity contribution in [2.45, 2.75) is 31.6 Å². The number of benzene rings is 2. The molecular formula is C21H21N3O3. The molecule has 1 aliphatic rings. The van der Waals surface area contributed by atoms with Gasteiger partial charge in [-0.05, 0) is 49.1 Å². The summed E-state index contributed by atoms with van der Waals surface area (Å²) in [7, 11) is 1.64. The Morgan fingerprint density at radius 1 is 1.22 bits per heavy atom. The average Bonchev–Trinajstić information content (AvgIpc) is 3.43. The molecule has 0 saturated heterocycles. The van der Waals surface area contributed by atoms with E-state index in [4.69, 9.17) is 9.26 Å².